The van der Waals surface area contributed by atoms with E-state index < -0.39 is 30.4 Å². The fourth-order valence-electron chi connectivity index (χ4n) is 3.78. The van der Waals surface area contributed by atoms with Gasteiger partial charge in [-0.3, -0.25) is 9.36 Å². The number of benzene rings is 1. The van der Waals surface area contributed by atoms with E-state index in [9.17, 15) is 15.0 Å². The molecule has 1 aliphatic heterocycles. The topological polar surface area (TPSA) is 134 Å². The van der Waals surface area contributed by atoms with Gasteiger partial charge in [0.25, 0.3) is 5.91 Å². The molecule has 0 spiro atoms. The van der Waals surface area contributed by atoms with Crippen molar-refractivity contribution in [2.24, 2.45) is 0 Å². The van der Waals surface area contributed by atoms with Gasteiger partial charge in [0.2, 0.25) is 0 Å². The number of nitrogens with zero attached hydrogens (tertiary/aromatic N) is 4. The van der Waals surface area contributed by atoms with Gasteiger partial charge in [-0.15, -0.1) is 0 Å². The van der Waals surface area contributed by atoms with E-state index in [1.807, 2.05) is 47.2 Å². The maximum absolute atomic E-state index is 12.1. The van der Waals surface area contributed by atoms with Gasteiger partial charge in [0.05, 0.1) is 6.33 Å². The second kappa shape index (κ2) is 8.87. The average molecular weight is 467 g/mol. The number of anilines is 1. The molecule has 1 saturated heterocycles. The number of imidazole rings is 1. The molecule has 0 unspecified atom stereocenters. The van der Waals surface area contributed by atoms with Crippen molar-refractivity contribution < 1.29 is 19.7 Å². The number of rotatable bonds is 6. The molecule has 33 heavy (non-hydrogen) atoms. The number of carbonyl (C=O) groups excluding carboxylic acids is 1. The minimum absolute atomic E-state index is 0.413. The van der Waals surface area contributed by atoms with E-state index in [1.165, 1.54) is 29.3 Å². The van der Waals surface area contributed by atoms with Crippen LogP contribution in [0.3, 0.4) is 0 Å². The van der Waals surface area contributed by atoms with Gasteiger partial charge in [-0.05, 0) is 17.0 Å². The Kier molecular flexibility index (Phi) is 5.77. The molecule has 4 N–H and O–H groups in total. The molecule has 170 valence electrons. The summed E-state index contributed by atoms with van der Waals surface area (Å²) in [6, 6.07) is 11.8. The van der Waals surface area contributed by atoms with Crippen molar-refractivity contribution in [3.05, 3.63) is 59.0 Å². The predicted molar refractivity (Wildman–Crippen MR) is 122 cm³/mol. The first-order valence-corrected chi connectivity index (χ1v) is 11.3. The van der Waals surface area contributed by atoms with Gasteiger partial charge in [0.15, 0.2) is 35.1 Å². The summed E-state index contributed by atoms with van der Waals surface area (Å²) < 4.78 is 7.25. The lowest BCUT2D eigenvalue weighted by molar-refractivity contribution is -0.137. The molecule has 4 aromatic rings. The normalized spacial score (nSPS) is 22.5. The number of aliphatic hydroxyl groups is 2. The Morgan fingerprint density at radius 1 is 1.18 bits per heavy atom. The zero-order valence-corrected chi connectivity index (χ0v) is 18.4. The minimum atomic E-state index is -1.39. The van der Waals surface area contributed by atoms with Crippen LogP contribution in [0.15, 0.2) is 53.5 Å². The van der Waals surface area contributed by atoms with Crippen molar-refractivity contribution in [1.29, 1.82) is 0 Å². The molecule has 3 aromatic heterocycles. The quantitative estimate of drug-likeness (QED) is 0.336. The monoisotopic (exact) mass is 466 g/mol. The van der Waals surface area contributed by atoms with E-state index in [0.29, 0.717) is 29.4 Å². The molecule has 4 heterocycles. The van der Waals surface area contributed by atoms with Gasteiger partial charge in [0.1, 0.15) is 12.2 Å². The van der Waals surface area contributed by atoms with Gasteiger partial charge in [-0.1, -0.05) is 30.3 Å². The molecular weight excluding hydrogens is 444 g/mol. The summed E-state index contributed by atoms with van der Waals surface area (Å²) >= 11 is 1.53. The van der Waals surface area contributed by atoms with Crippen molar-refractivity contribution in [3.8, 4) is 11.4 Å². The number of nitrogens with one attached hydrogen (secondary N) is 2. The molecule has 0 bridgehead atoms. The van der Waals surface area contributed by atoms with E-state index in [4.69, 9.17) is 4.74 Å². The average Bonchev–Trinajstić information content (AvgIpc) is 3.58. The zero-order chi connectivity index (χ0) is 22.9. The molecule has 10 nitrogen and oxygen atoms in total. The summed E-state index contributed by atoms with van der Waals surface area (Å²) in [5.41, 5.74) is 2.81. The van der Waals surface area contributed by atoms with Crippen molar-refractivity contribution >= 4 is 34.2 Å². The first-order valence-electron chi connectivity index (χ1n) is 10.3. The highest BCUT2D eigenvalue weighted by Gasteiger charge is 2.47. The van der Waals surface area contributed by atoms with Crippen LogP contribution in [-0.2, 0) is 16.1 Å². The van der Waals surface area contributed by atoms with E-state index >= 15 is 0 Å². The van der Waals surface area contributed by atoms with Gasteiger partial charge < -0.3 is 25.6 Å². The van der Waals surface area contributed by atoms with Crippen LogP contribution in [0.2, 0.25) is 0 Å². The summed E-state index contributed by atoms with van der Waals surface area (Å²) in [5, 5.41) is 30.6. The fraction of sp³-hybridized carbons (Fsp3) is 0.273. The lowest BCUT2D eigenvalue weighted by atomic mass is 10.1. The summed E-state index contributed by atoms with van der Waals surface area (Å²) in [5.74, 6) is 0.490. The summed E-state index contributed by atoms with van der Waals surface area (Å²) in [6.07, 6.45) is -3.51. The Bertz CT molecular complexity index is 1260. The number of amides is 1. The molecule has 0 saturated carbocycles. The van der Waals surface area contributed by atoms with Crippen molar-refractivity contribution in [2.75, 3.05) is 12.4 Å². The second-order valence-electron chi connectivity index (χ2n) is 7.61. The lowest BCUT2D eigenvalue weighted by Crippen LogP contribution is -2.41. The Hall–Kier alpha value is -3.38. The number of hydrogen-bond donors (Lipinski definition) is 4. The number of aliphatic hydroxyl groups excluding tert-OH is 2. The highest BCUT2D eigenvalue weighted by Crippen LogP contribution is 2.34. The highest BCUT2D eigenvalue weighted by atomic mass is 32.1. The van der Waals surface area contributed by atoms with Crippen molar-refractivity contribution in [2.45, 2.75) is 31.1 Å². The van der Waals surface area contributed by atoms with Gasteiger partial charge in [0, 0.05) is 24.5 Å². The number of aromatic nitrogens is 4. The Balaban J connectivity index is 1.56. The maximum atomic E-state index is 12.1. The molecule has 4 atom stereocenters. The summed E-state index contributed by atoms with van der Waals surface area (Å²) in [4.78, 5) is 25.9. The van der Waals surface area contributed by atoms with Gasteiger partial charge in [-0.25, -0.2) is 15.0 Å². The van der Waals surface area contributed by atoms with Crippen LogP contribution in [0.1, 0.15) is 11.8 Å². The molecule has 1 aliphatic rings. The zero-order valence-electron chi connectivity index (χ0n) is 17.6. The van der Waals surface area contributed by atoms with Crippen LogP contribution in [0.25, 0.3) is 22.6 Å². The maximum Gasteiger partial charge on any atom is 0.251 e. The van der Waals surface area contributed by atoms with Crippen molar-refractivity contribution in [3.63, 3.8) is 0 Å². The first kappa shape index (κ1) is 21.5. The SMILES string of the molecule is CNC(=O)[C@H]1O[C@H](n2cnc3c(NCc4ccccc4)nc(-c4ccsc4)nc32)[C@@H](O)[C@@H]1O. The molecule has 1 aromatic carbocycles. The number of thiophene rings is 1. The van der Waals surface area contributed by atoms with E-state index in [0.717, 1.165) is 11.1 Å². The number of hydrogen-bond acceptors (Lipinski definition) is 9. The van der Waals surface area contributed by atoms with E-state index in [2.05, 4.69) is 25.6 Å². The standard InChI is InChI=1S/C22H22N6O4S/c1-23-21(31)17-15(29)16(30)22(32-17)28-11-25-14-19(24-9-12-5-3-2-4-6-12)26-18(27-20(14)28)13-7-8-33-10-13/h2-8,10-11,15-17,22,29-30H,9H2,1H3,(H,23,31)(H,24,26,27)/t15-,16-,17-,22-/m0/s1. The second-order valence-corrected chi connectivity index (χ2v) is 8.39. The van der Waals surface area contributed by atoms with Crippen LogP contribution >= 0.6 is 11.3 Å². The van der Waals surface area contributed by atoms with E-state index in [-0.39, 0.29) is 0 Å². The number of carbonyl (C=O) groups is 1. The summed E-state index contributed by atoms with van der Waals surface area (Å²) in [7, 11) is 1.44. The minimum Gasteiger partial charge on any atom is -0.387 e. The van der Waals surface area contributed by atoms with E-state index in [1.54, 1.807) is 0 Å². The predicted octanol–water partition coefficient (Wildman–Crippen LogP) is 1.53. The molecular formula is C22H22N6O4S. The Labute approximate surface area is 192 Å². The third-order valence-corrected chi connectivity index (χ3v) is 6.20. The molecule has 1 fully saturated rings. The molecule has 1 amide bonds. The third-order valence-electron chi connectivity index (χ3n) is 5.52. The number of fused-ring (bicyclic) bond motifs is 1. The fourth-order valence-corrected chi connectivity index (χ4v) is 4.41. The van der Waals surface area contributed by atoms with Crippen LogP contribution in [0.5, 0.6) is 0 Å². The van der Waals surface area contributed by atoms with Crippen LogP contribution in [-0.4, -0.2) is 61.0 Å². The van der Waals surface area contributed by atoms with Crippen molar-refractivity contribution in [1.82, 2.24) is 24.8 Å². The Morgan fingerprint density at radius 2 is 2.00 bits per heavy atom. The highest BCUT2D eigenvalue weighted by molar-refractivity contribution is 7.08. The smallest absolute Gasteiger partial charge is 0.251 e. The molecule has 0 radical (unpaired) electrons. The number of ether oxygens (including phenoxy) is 1. The molecule has 0 aliphatic carbocycles. The lowest BCUT2D eigenvalue weighted by Gasteiger charge is -2.17. The van der Waals surface area contributed by atoms with Gasteiger partial charge in [-0.2, -0.15) is 11.3 Å². The Morgan fingerprint density at radius 3 is 2.73 bits per heavy atom. The van der Waals surface area contributed by atoms with Crippen LogP contribution < -0.4 is 10.6 Å². The summed E-state index contributed by atoms with van der Waals surface area (Å²) in [6.45, 7) is 0.531. The largest absolute Gasteiger partial charge is 0.387 e. The number of likely N-dealkylation sites (N-methyl/N-ethyl adjacent to an activating group) is 1. The van der Waals surface area contributed by atoms with Gasteiger partial charge >= 0.3 is 0 Å². The molecule has 11 heteroatoms. The molecule has 5 rings (SSSR count). The van der Waals surface area contributed by atoms with Crippen LogP contribution in [0, 0.1) is 0 Å². The van der Waals surface area contributed by atoms with Crippen LogP contribution in [0.4, 0.5) is 5.82 Å². The third kappa shape index (κ3) is 3.95. The first-order chi connectivity index (χ1) is 16.1.